The third kappa shape index (κ3) is 2.28. The van der Waals surface area contributed by atoms with Crippen LogP contribution in [-0.4, -0.2) is 4.98 Å². The van der Waals surface area contributed by atoms with Crippen LogP contribution in [0.2, 0.25) is 0 Å². The van der Waals surface area contributed by atoms with Gasteiger partial charge in [0.2, 0.25) is 5.95 Å². The van der Waals surface area contributed by atoms with Gasteiger partial charge in [0, 0.05) is 18.0 Å². The van der Waals surface area contributed by atoms with Crippen LogP contribution in [0.5, 0.6) is 11.5 Å². The van der Waals surface area contributed by atoms with E-state index < -0.39 is 5.95 Å². The van der Waals surface area contributed by atoms with Crippen LogP contribution in [-0.2, 0) is 0 Å². The lowest BCUT2D eigenvalue weighted by Crippen LogP contribution is -1.91. The van der Waals surface area contributed by atoms with E-state index in [-0.39, 0.29) is 0 Å². The Balaban J connectivity index is 2.27. The Morgan fingerprint density at radius 3 is 2.75 bits per heavy atom. The lowest BCUT2D eigenvalue weighted by Gasteiger charge is -2.08. The van der Waals surface area contributed by atoms with E-state index in [4.69, 9.17) is 10.5 Å². The molecule has 0 fully saturated rings. The second kappa shape index (κ2) is 4.18. The lowest BCUT2D eigenvalue weighted by atomic mass is 10.2. The molecule has 0 bridgehead atoms. The summed E-state index contributed by atoms with van der Waals surface area (Å²) in [6.07, 6.45) is 1.36. The number of nitrogens with zero attached hydrogens (tertiary/aromatic N) is 1. The van der Waals surface area contributed by atoms with Crippen LogP contribution in [0.4, 0.5) is 10.1 Å². The molecule has 0 saturated carbocycles. The van der Waals surface area contributed by atoms with E-state index in [0.29, 0.717) is 17.2 Å². The summed E-state index contributed by atoms with van der Waals surface area (Å²) in [7, 11) is 0. The highest BCUT2D eigenvalue weighted by atomic mass is 19.1. The quantitative estimate of drug-likeness (QED) is 0.622. The van der Waals surface area contributed by atoms with Gasteiger partial charge >= 0.3 is 0 Å². The highest BCUT2D eigenvalue weighted by Gasteiger charge is 2.02. The average molecular weight is 218 g/mol. The van der Waals surface area contributed by atoms with Gasteiger partial charge in [0.25, 0.3) is 0 Å². The van der Waals surface area contributed by atoms with Gasteiger partial charge in [-0.2, -0.15) is 4.39 Å². The molecule has 0 unspecified atom stereocenters. The minimum Gasteiger partial charge on any atom is -0.457 e. The van der Waals surface area contributed by atoms with Crippen molar-refractivity contribution in [3.05, 3.63) is 48.0 Å². The molecule has 1 aromatic heterocycles. The molecule has 0 saturated heterocycles. The van der Waals surface area contributed by atoms with Crippen LogP contribution in [0.1, 0.15) is 5.56 Å². The highest BCUT2D eigenvalue weighted by Crippen LogP contribution is 2.26. The van der Waals surface area contributed by atoms with Crippen LogP contribution in [0.3, 0.4) is 0 Å². The van der Waals surface area contributed by atoms with Gasteiger partial charge in [-0.25, -0.2) is 4.98 Å². The molecule has 82 valence electrons. The summed E-state index contributed by atoms with van der Waals surface area (Å²) >= 11 is 0. The van der Waals surface area contributed by atoms with Crippen molar-refractivity contribution in [2.24, 2.45) is 0 Å². The summed E-state index contributed by atoms with van der Waals surface area (Å²) in [5, 5.41) is 0. The van der Waals surface area contributed by atoms with E-state index in [1.165, 1.54) is 12.3 Å². The van der Waals surface area contributed by atoms with Gasteiger partial charge < -0.3 is 10.5 Å². The van der Waals surface area contributed by atoms with Crippen molar-refractivity contribution in [3.8, 4) is 11.5 Å². The number of halogens is 1. The number of pyridine rings is 1. The van der Waals surface area contributed by atoms with E-state index in [9.17, 15) is 4.39 Å². The smallest absolute Gasteiger partial charge is 0.216 e. The fraction of sp³-hybridized carbons (Fsp3) is 0.0833. The topological polar surface area (TPSA) is 48.1 Å². The minimum atomic E-state index is -0.564. The van der Waals surface area contributed by atoms with Crippen molar-refractivity contribution in [1.29, 1.82) is 0 Å². The van der Waals surface area contributed by atoms with Crippen LogP contribution >= 0.6 is 0 Å². The summed E-state index contributed by atoms with van der Waals surface area (Å²) < 4.78 is 18.3. The SMILES string of the molecule is Cc1cc(N)ccc1Oc1ccnc(F)c1. The summed E-state index contributed by atoms with van der Waals surface area (Å²) in [4.78, 5) is 3.45. The second-order valence-corrected chi connectivity index (χ2v) is 3.44. The van der Waals surface area contributed by atoms with Gasteiger partial charge in [0.1, 0.15) is 11.5 Å². The van der Waals surface area contributed by atoms with Crippen molar-refractivity contribution in [2.45, 2.75) is 6.92 Å². The van der Waals surface area contributed by atoms with Crippen molar-refractivity contribution in [1.82, 2.24) is 4.98 Å². The number of anilines is 1. The molecule has 1 aromatic carbocycles. The maximum Gasteiger partial charge on any atom is 0.216 e. The number of benzene rings is 1. The van der Waals surface area contributed by atoms with Gasteiger partial charge in [0.05, 0.1) is 0 Å². The summed E-state index contributed by atoms with van der Waals surface area (Å²) in [6, 6.07) is 8.12. The molecule has 3 nitrogen and oxygen atoms in total. The zero-order valence-electron chi connectivity index (χ0n) is 8.77. The van der Waals surface area contributed by atoms with Gasteiger partial charge in [-0.3, -0.25) is 0 Å². The van der Waals surface area contributed by atoms with Gasteiger partial charge in [-0.1, -0.05) is 0 Å². The number of hydrogen-bond acceptors (Lipinski definition) is 3. The molecule has 0 aliphatic rings. The molecule has 0 aliphatic carbocycles. The second-order valence-electron chi connectivity index (χ2n) is 3.44. The summed E-state index contributed by atoms with van der Waals surface area (Å²) in [5.41, 5.74) is 7.19. The predicted octanol–water partition coefficient (Wildman–Crippen LogP) is 2.90. The van der Waals surface area contributed by atoms with Crippen molar-refractivity contribution < 1.29 is 9.13 Å². The Morgan fingerprint density at radius 1 is 1.25 bits per heavy atom. The number of rotatable bonds is 2. The third-order valence-electron chi connectivity index (χ3n) is 2.12. The lowest BCUT2D eigenvalue weighted by molar-refractivity contribution is 0.469. The molecule has 1 heterocycles. The molecular formula is C12H11FN2O. The van der Waals surface area contributed by atoms with Crippen molar-refractivity contribution >= 4 is 5.69 Å². The Labute approximate surface area is 92.7 Å². The number of aromatic nitrogens is 1. The van der Waals surface area contributed by atoms with Crippen LogP contribution in [0.15, 0.2) is 36.5 Å². The first-order chi connectivity index (χ1) is 7.65. The standard InChI is InChI=1S/C12H11FN2O/c1-8-6-9(14)2-3-11(8)16-10-4-5-15-12(13)7-10/h2-7H,14H2,1H3. The third-order valence-corrected chi connectivity index (χ3v) is 2.12. The first-order valence-electron chi connectivity index (χ1n) is 4.81. The van der Waals surface area contributed by atoms with Crippen molar-refractivity contribution in [3.63, 3.8) is 0 Å². The first kappa shape index (κ1) is 10.4. The molecule has 0 atom stereocenters. The zero-order chi connectivity index (χ0) is 11.5. The summed E-state index contributed by atoms with van der Waals surface area (Å²) in [6.45, 7) is 1.88. The van der Waals surface area contributed by atoms with Gasteiger partial charge in [-0.15, -0.1) is 0 Å². The maximum atomic E-state index is 12.8. The van der Waals surface area contributed by atoms with Gasteiger partial charge in [-0.05, 0) is 36.8 Å². The molecule has 0 aliphatic heterocycles. The fourth-order valence-electron chi connectivity index (χ4n) is 1.36. The number of nitrogens with two attached hydrogens (primary N) is 1. The molecule has 4 heteroatoms. The minimum absolute atomic E-state index is 0.417. The summed E-state index contributed by atoms with van der Waals surface area (Å²) in [5.74, 6) is 0.505. The maximum absolute atomic E-state index is 12.8. The zero-order valence-corrected chi connectivity index (χ0v) is 8.77. The van der Waals surface area contributed by atoms with E-state index in [0.717, 1.165) is 5.56 Å². The largest absolute Gasteiger partial charge is 0.457 e. The molecule has 2 rings (SSSR count). The molecule has 2 aromatic rings. The van der Waals surface area contributed by atoms with E-state index in [1.807, 2.05) is 6.92 Å². The van der Waals surface area contributed by atoms with E-state index >= 15 is 0 Å². The Kier molecular flexibility index (Phi) is 2.72. The highest BCUT2D eigenvalue weighted by molar-refractivity contribution is 5.48. The Hall–Kier alpha value is -2.10. The number of aryl methyl sites for hydroxylation is 1. The average Bonchev–Trinajstić information content (AvgIpc) is 2.22. The Morgan fingerprint density at radius 2 is 2.06 bits per heavy atom. The monoisotopic (exact) mass is 218 g/mol. The first-order valence-corrected chi connectivity index (χ1v) is 4.81. The number of nitrogen functional groups attached to an aromatic ring is 1. The van der Waals surface area contributed by atoms with Crippen LogP contribution < -0.4 is 10.5 Å². The molecule has 0 amide bonds. The molecule has 16 heavy (non-hydrogen) atoms. The Bertz CT molecular complexity index is 514. The normalized spacial score (nSPS) is 10.1. The number of hydrogen-bond donors (Lipinski definition) is 1. The van der Waals surface area contributed by atoms with Crippen LogP contribution in [0.25, 0.3) is 0 Å². The molecular weight excluding hydrogens is 207 g/mol. The predicted molar refractivity (Wildman–Crippen MR) is 59.9 cm³/mol. The van der Waals surface area contributed by atoms with Crippen LogP contribution in [0, 0.1) is 12.9 Å². The van der Waals surface area contributed by atoms with E-state index in [2.05, 4.69) is 4.98 Å². The molecule has 2 N–H and O–H groups in total. The fourth-order valence-corrected chi connectivity index (χ4v) is 1.36. The van der Waals surface area contributed by atoms with E-state index in [1.54, 1.807) is 24.3 Å². The molecule has 0 radical (unpaired) electrons. The van der Waals surface area contributed by atoms with Crippen molar-refractivity contribution in [2.75, 3.05) is 5.73 Å². The molecule has 0 spiro atoms. The number of ether oxygens (including phenoxy) is 1. The van der Waals surface area contributed by atoms with Gasteiger partial charge in [0.15, 0.2) is 0 Å².